The molecular formula is C13H18N2O4. The molecule has 0 spiro atoms. The van der Waals surface area contributed by atoms with Gasteiger partial charge in [-0.2, -0.15) is 0 Å². The second kappa shape index (κ2) is 6.51. The quantitative estimate of drug-likeness (QED) is 0.779. The lowest BCUT2D eigenvalue weighted by Crippen LogP contribution is -2.29. The predicted octanol–water partition coefficient (Wildman–Crippen LogP) is 1.03. The van der Waals surface area contributed by atoms with Crippen molar-refractivity contribution in [3.8, 4) is 11.5 Å². The topological polar surface area (TPSA) is 82.9 Å². The molecule has 2 aromatic heterocycles. The summed E-state index contributed by atoms with van der Waals surface area (Å²) in [7, 11) is 0. The molecule has 0 aromatic carbocycles. The zero-order valence-corrected chi connectivity index (χ0v) is 10.9. The summed E-state index contributed by atoms with van der Waals surface area (Å²) >= 11 is 0. The normalized spacial score (nSPS) is 11.4. The van der Waals surface area contributed by atoms with Crippen molar-refractivity contribution < 1.29 is 19.0 Å². The van der Waals surface area contributed by atoms with Crippen LogP contribution >= 0.6 is 0 Å². The highest BCUT2D eigenvalue weighted by atomic mass is 16.4. The second-order valence-corrected chi connectivity index (χ2v) is 4.26. The Bertz CT molecular complexity index is 487. The summed E-state index contributed by atoms with van der Waals surface area (Å²) in [4.78, 5) is 6.35. The van der Waals surface area contributed by atoms with E-state index in [1.165, 1.54) is 0 Å². The summed E-state index contributed by atoms with van der Waals surface area (Å²) in [5, 5.41) is 18.0. The number of aliphatic hydroxyl groups excluding tert-OH is 2. The van der Waals surface area contributed by atoms with Gasteiger partial charge in [0.2, 0.25) is 5.89 Å². The number of nitrogens with zero attached hydrogens (tertiary/aromatic N) is 2. The van der Waals surface area contributed by atoms with Crippen molar-refractivity contribution in [3.63, 3.8) is 0 Å². The second-order valence-electron chi connectivity index (χ2n) is 4.26. The average Bonchev–Trinajstić information content (AvgIpc) is 3.00. The fourth-order valence-electron chi connectivity index (χ4n) is 1.85. The molecule has 0 radical (unpaired) electrons. The van der Waals surface area contributed by atoms with Gasteiger partial charge in [0.15, 0.2) is 0 Å². The molecule has 0 aliphatic carbocycles. The number of aromatic nitrogens is 1. The van der Waals surface area contributed by atoms with Crippen LogP contribution in [-0.2, 0) is 6.54 Å². The maximum absolute atomic E-state index is 8.99. The van der Waals surface area contributed by atoms with Gasteiger partial charge < -0.3 is 19.0 Å². The van der Waals surface area contributed by atoms with E-state index in [0.29, 0.717) is 25.5 Å². The number of hydrogen-bond donors (Lipinski definition) is 2. The van der Waals surface area contributed by atoms with E-state index in [4.69, 9.17) is 19.0 Å². The maximum Gasteiger partial charge on any atom is 0.229 e. The van der Waals surface area contributed by atoms with E-state index in [1.807, 2.05) is 11.8 Å². The van der Waals surface area contributed by atoms with Gasteiger partial charge in [0.1, 0.15) is 12.0 Å². The molecule has 0 saturated carbocycles. The van der Waals surface area contributed by atoms with Crippen LogP contribution in [0.3, 0.4) is 0 Å². The first kappa shape index (κ1) is 13.8. The van der Waals surface area contributed by atoms with Crippen molar-refractivity contribution in [1.29, 1.82) is 0 Å². The molecule has 0 unspecified atom stereocenters. The van der Waals surface area contributed by atoms with E-state index in [0.717, 1.165) is 17.0 Å². The molecule has 0 amide bonds. The molecule has 2 heterocycles. The van der Waals surface area contributed by atoms with E-state index in [2.05, 4.69) is 4.98 Å². The average molecular weight is 266 g/mol. The van der Waals surface area contributed by atoms with Crippen LogP contribution < -0.4 is 0 Å². The Morgan fingerprint density at radius 2 is 2.00 bits per heavy atom. The molecule has 0 bridgehead atoms. The monoisotopic (exact) mass is 266 g/mol. The summed E-state index contributed by atoms with van der Waals surface area (Å²) in [5.41, 5.74) is 1.60. The maximum atomic E-state index is 8.99. The Morgan fingerprint density at radius 3 is 2.58 bits per heavy atom. The first-order chi connectivity index (χ1) is 9.24. The number of aliphatic hydroxyl groups is 2. The van der Waals surface area contributed by atoms with Gasteiger partial charge in [-0.3, -0.25) is 4.90 Å². The van der Waals surface area contributed by atoms with E-state index >= 15 is 0 Å². The highest BCUT2D eigenvalue weighted by Crippen LogP contribution is 2.22. The van der Waals surface area contributed by atoms with Crippen LogP contribution in [0.15, 0.2) is 27.4 Å². The Kier molecular flexibility index (Phi) is 4.73. The minimum Gasteiger partial charge on any atom is -0.472 e. The van der Waals surface area contributed by atoms with Gasteiger partial charge in [0.05, 0.1) is 30.7 Å². The molecule has 104 valence electrons. The number of rotatable bonds is 7. The Hall–Kier alpha value is -1.63. The van der Waals surface area contributed by atoms with Gasteiger partial charge in [-0.05, 0) is 13.0 Å². The molecule has 2 N–H and O–H groups in total. The molecule has 0 aliphatic rings. The van der Waals surface area contributed by atoms with E-state index in [9.17, 15) is 0 Å². The van der Waals surface area contributed by atoms with Crippen molar-refractivity contribution in [1.82, 2.24) is 9.88 Å². The van der Waals surface area contributed by atoms with Gasteiger partial charge in [-0.15, -0.1) is 0 Å². The summed E-state index contributed by atoms with van der Waals surface area (Å²) in [5.74, 6) is 1.26. The summed E-state index contributed by atoms with van der Waals surface area (Å²) in [6, 6.07) is 1.79. The van der Waals surface area contributed by atoms with E-state index < -0.39 is 0 Å². The number of aryl methyl sites for hydroxylation is 1. The van der Waals surface area contributed by atoms with Crippen LogP contribution in [0, 0.1) is 6.92 Å². The number of furan rings is 1. The zero-order chi connectivity index (χ0) is 13.7. The molecule has 0 aliphatic heterocycles. The van der Waals surface area contributed by atoms with Crippen LogP contribution in [0.4, 0.5) is 0 Å². The minimum atomic E-state index is 0.0471. The van der Waals surface area contributed by atoms with Crippen LogP contribution in [0.5, 0.6) is 0 Å². The molecule has 6 nitrogen and oxygen atoms in total. The van der Waals surface area contributed by atoms with Crippen LogP contribution in [-0.4, -0.2) is 46.4 Å². The molecule has 2 aromatic rings. The van der Waals surface area contributed by atoms with Crippen LogP contribution in [0.25, 0.3) is 11.5 Å². The van der Waals surface area contributed by atoms with Crippen LogP contribution in [0.2, 0.25) is 0 Å². The summed E-state index contributed by atoms with van der Waals surface area (Å²) < 4.78 is 10.6. The smallest absolute Gasteiger partial charge is 0.229 e. The molecule has 0 fully saturated rings. The molecule has 6 heteroatoms. The molecule has 0 atom stereocenters. The van der Waals surface area contributed by atoms with Gasteiger partial charge >= 0.3 is 0 Å². The largest absolute Gasteiger partial charge is 0.472 e. The third-order valence-electron chi connectivity index (χ3n) is 2.87. The fourth-order valence-corrected chi connectivity index (χ4v) is 1.85. The molecular weight excluding hydrogens is 248 g/mol. The predicted molar refractivity (Wildman–Crippen MR) is 68.4 cm³/mol. The Labute approximate surface area is 111 Å². The highest BCUT2D eigenvalue weighted by molar-refractivity contribution is 5.51. The van der Waals surface area contributed by atoms with Crippen molar-refractivity contribution in [3.05, 3.63) is 30.0 Å². The molecule has 0 saturated heterocycles. The van der Waals surface area contributed by atoms with Crippen LogP contribution in [0.1, 0.15) is 11.5 Å². The molecule has 2 rings (SSSR count). The fraction of sp³-hybridized carbons (Fsp3) is 0.462. The van der Waals surface area contributed by atoms with E-state index in [-0.39, 0.29) is 13.2 Å². The summed E-state index contributed by atoms with van der Waals surface area (Å²) in [6.07, 6.45) is 3.15. The number of hydrogen-bond acceptors (Lipinski definition) is 6. The van der Waals surface area contributed by atoms with Crippen molar-refractivity contribution >= 4 is 0 Å². The van der Waals surface area contributed by atoms with Gasteiger partial charge in [0, 0.05) is 19.6 Å². The van der Waals surface area contributed by atoms with Gasteiger partial charge in [0.25, 0.3) is 0 Å². The van der Waals surface area contributed by atoms with Crippen molar-refractivity contribution in [2.75, 3.05) is 26.3 Å². The minimum absolute atomic E-state index is 0.0471. The third kappa shape index (κ3) is 3.44. The first-order valence-electron chi connectivity index (χ1n) is 6.17. The third-order valence-corrected chi connectivity index (χ3v) is 2.87. The van der Waals surface area contributed by atoms with Gasteiger partial charge in [-0.25, -0.2) is 4.98 Å². The Balaban J connectivity index is 2.11. The summed E-state index contributed by atoms with van der Waals surface area (Å²) in [6.45, 7) is 3.47. The zero-order valence-electron chi connectivity index (χ0n) is 10.9. The van der Waals surface area contributed by atoms with Crippen molar-refractivity contribution in [2.24, 2.45) is 0 Å². The lowest BCUT2D eigenvalue weighted by atomic mass is 10.3. The Morgan fingerprint density at radius 1 is 1.26 bits per heavy atom. The lowest BCUT2D eigenvalue weighted by molar-refractivity contribution is 0.154. The molecule has 19 heavy (non-hydrogen) atoms. The SMILES string of the molecule is Cc1oc(-c2ccoc2)nc1CN(CCO)CCO. The lowest BCUT2D eigenvalue weighted by Gasteiger charge is -2.18. The van der Waals surface area contributed by atoms with Gasteiger partial charge in [-0.1, -0.05) is 0 Å². The highest BCUT2D eigenvalue weighted by Gasteiger charge is 2.15. The first-order valence-corrected chi connectivity index (χ1v) is 6.17. The number of oxazole rings is 1. The standard InChI is InChI=1S/C13H18N2O4/c1-10-12(8-15(3-5-16)4-6-17)14-13(19-10)11-2-7-18-9-11/h2,7,9,16-17H,3-6,8H2,1H3. The van der Waals surface area contributed by atoms with Crippen molar-refractivity contribution in [2.45, 2.75) is 13.5 Å². The van der Waals surface area contributed by atoms with E-state index in [1.54, 1.807) is 18.6 Å².